The fourth-order valence-electron chi connectivity index (χ4n) is 2.07. The summed E-state index contributed by atoms with van der Waals surface area (Å²) in [5.74, 6) is 0.939. The van der Waals surface area contributed by atoms with Crippen molar-refractivity contribution in [2.75, 3.05) is 19.1 Å². The number of aromatic nitrogens is 1. The lowest BCUT2D eigenvalue weighted by molar-refractivity contribution is 0.408. The summed E-state index contributed by atoms with van der Waals surface area (Å²) >= 11 is 1.65. The minimum atomic E-state index is 0.336. The summed E-state index contributed by atoms with van der Waals surface area (Å²) in [7, 11) is 3.78. The van der Waals surface area contributed by atoms with E-state index in [1.165, 1.54) is 5.56 Å². The third kappa shape index (κ3) is 3.29. The predicted octanol–water partition coefficient (Wildman–Crippen LogP) is 2.68. The Balaban J connectivity index is 2.09. The molecule has 20 heavy (non-hydrogen) atoms. The molecule has 1 aromatic carbocycles. The molecule has 2 rings (SSSR count). The number of ether oxygens (including phenoxy) is 1. The highest BCUT2D eigenvalue weighted by atomic mass is 32.1. The number of thiazole rings is 1. The van der Waals surface area contributed by atoms with E-state index in [-0.39, 0.29) is 0 Å². The third-order valence-electron chi connectivity index (χ3n) is 3.41. The summed E-state index contributed by atoms with van der Waals surface area (Å²) < 4.78 is 5.41. The molecule has 1 unspecified atom stereocenters. The van der Waals surface area contributed by atoms with Crippen LogP contribution in [0.1, 0.15) is 17.4 Å². The van der Waals surface area contributed by atoms with Crippen LogP contribution in [0.15, 0.2) is 30.5 Å². The molecular formula is C15H21N3OS. The number of para-hydroxylation sites is 1. The number of hydrogen-bond donors (Lipinski definition) is 1. The second kappa shape index (κ2) is 6.72. The van der Waals surface area contributed by atoms with Crippen molar-refractivity contribution in [3.8, 4) is 5.75 Å². The highest BCUT2D eigenvalue weighted by molar-refractivity contribution is 7.15. The van der Waals surface area contributed by atoms with Gasteiger partial charge in [-0.25, -0.2) is 4.98 Å². The van der Waals surface area contributed by atoms with Crippen LogP contribution < -0.4 is 15.4 Å². The number of hydrogen-bond acceptors (Lipinski definition) is 5. The number of likely N-dealkylation sites (N-methyl/N-ethyl adjacent to an activating group) is 1. The van der Waals surface area contributed by atoms with Gasteiger partial charge in [-0.2, -0.15) is 0 Å². The molecule has 0 fully saturated rings. The molecule has 0 aliphatic rings. The number of nitrogens with zero attached hydrogens (tertiary/aromatic N) is 2. The van der Waals surface area contributed by atoms with Crippen LogP contribution in [0, 0.1) is 0 Å². The molecule has 0 aliphatic heterocycles. The first-order chi connectivity index (χ1) is 9.65. The Morgan fingerprint density at radius 2 is 2.15 bits per heavy atom. The predicted molar refractivity (Wildman–Crippen MR) is 84.6 cm³/mol. The maximum atomic E-state index is 5.64. The van der Waals surface area contributed by atoms with E-state index >= 15 is 0 Å². The molecule has 2 N–H and O–H groups in total. The van der Waals surface area contributed by atoms with Crippen LogP contribution in [0.25, 0.3) is 0 Å². The first-order valence-electron chi connectivity index (χ1n) is 6.65. The fraction of sp³-hybridized carbons (Fsp3) is 0.400. The van der Waals surface area contributed by atoms with E-state index in [9.17, 15) is 0 Å². The van der Waals surface area contributed by atoms with Crippen molar-refractivity contribution in [2.45, 2.75) is 25.9 Å². The lowest BCUT2D eigenvalue weighted by Crippen LogP contribution is -2.30. The number of rotatable bonds is 6. The molecule has 108 valence electrons. The zero-order valence-electron chi connectivity index (χ0n) is 12.2. The maximum absolute atomic E-state index is 5.64. The van der Waals surface area contributed by atoms with E-state index in [4.69, 9.17) is 10.5 Å². The van der Waals surface area contributed by atoms with Crippen LogP contribution in [0.3, 0.4) is 0 Å². The van der Waals surface area contributed by atoms with Crippen molar-refractivity contribution in [3.05, 3.63) is 40.9 Å². The molecule has 1 aromatic heterocycles. The van der Waals surface area contributed by atoms with Crippen LogP contribution in [0.4, 0.5) is 5.13 Å². The third-order valence-corrected chi connectivity index (χ3v) is 4.52. The summed E-state index contributed by atoms with van der Waals surface area (Å²) in [5.41, 5.74) is 6.85. The van der Waals surface area contributed by atoms with E-state index < -0.39 is 0 Å². The number of methoxy groups -OCH3 is 1. The Bertz CT molecular complexity index is 556. The molecule has 4 nitrogen and oxygen atoms in total. The Hall–Kier alpha value is -1.59. The van der Waals surface area contributed by atoms with Gasteiger partial charge in [0, 0.05) is 30.7 Å². The van der Waals surface area contributed by atoms with Crippen LogP contribution in [0.2, 0.25) is 0 Å². The van der Waals surface area contributed by atoms with E-state index in [0.29, 0.717) is 12.6 Å². The van der Waals surface area contributed by atoms with Gasteiger partial charge >= 0.3 is 0 Å². The van der Waals surface area contributed by atoms with Gasteiger partial charge in [0.05, 0.1) is 7.11 Å². The fourth-order valence-corrected chi connectivity index (χ4v) is 2.92. The summed E-state index contributed by atoms with van der Waals surface area (Å²) in [6.07, 6.45) is 2.77. The summed E-state index contributed by atoms with van der Waals surface area (Å²) in [6, 6.07) is 8.47. The lowest BCUT2D eigenvalue weighted by Gasteiger charge is -2.25. The second-order valence-electron chi connectivity index (χ2n) is 4.79. The molecule has 2 aromatic rings. The zero-order valence-corrected chi connectivity index (χ0v) is 13.0. The molecule has 0 radical (unpaired) electrons. The molecule has 0 amide bonds. The number of anilines is 1. The zero-order chi connectivity index (χ0) is 14.5. The maximum Gasteiger partial charge on any atom is 0.185 e. The standard InChI is InChI=1S/C15H21N3OS/c1-11(8-12-6-4-5-7-14(12)19-3)18(2)15-17-10-13(9-16)20-15/h4-7,10-11H,8-9,16H2,1-3H3. The van der Waals surface area contributed by atoms with Gasteiger partial charge in [-0.3, -0.25) is 0 Å². The van der Waals surface area contributed by atoms with Gasteiger partial charge in [-0.1, -0.05) is 18.2 Å². The molecule has 0 saturated carbocycles. The molecule has 0 bridgehead atoms. The van der Waals surface area contributed by atoms with Crippen molar-refractivity contribution < 1.29 is 4.74 Å². The second-order valence-corrected chi connectivity index (χ2v) is 5.88. The molecular weight excluding hydrogens is 270 g/mol. The smallest absolute Gasteiger partial charge is 0.185 e. The summed E-state index contributed by atoms with van der Waals surface area (Å²) in [6.45, 7) is 2.74. The minimum absolute atomic E-state index is 0.336. The molecule has 0 spiro atoms. The number of benzene rings is 1. The van der Waals surface area contributed by atoms with Crippen LogP contribution in [0.5, 0.6) is 5.75 Å². The first kappa shape index (κ1) is 14.8. The van der Waals surface area contributed by atoms with Crippen molar-refractivity contribution in [1.29, 1.82) is 0 Å². The van der Waals surface area contributed by atoms with Gasteiger partial charge < -0.3 is 15.4 Å². The quantitative estimate of drug-likeness (QED) is 0.889. The Kier molecular flexibility index (Phi) is 4.98. The van der Waals surface area contributed by atoms with Gasteiger partial charge in [0.15, 0.2) is 5.13 Å². The Morgan fingerprint density at radius 1 is 1.40 bits per heavy atom. The van der Waals surface area contributed by atoms with Crippen molar-refractivity contribution >= 4 is 16.5 Å². The average molecular weight is 291 g/mol. The molecule has 5 heteroatoms. The molecule has 0 aliphatic carbocycles. The molecule has 1 atom stereocenters. The SMILES string of the molecule is COc1ccccc1CC(C)N(C)c1ncc(CN)s1. The largest absolute Gasteiger partial charge is 0.496 e. The number of nitrogens with two attached hydrogens (primary N) is 1. The van der Waals surface area contributed by atoms with Crippen molar-refractivity contribution in [3.63, 3.8) is 0 Å². The normalized spacial score (nSPS) is 12.2. The molecule has 0 saturated heterocycles. The van der Waals surface area contributed by atoms with Crippen molar-refractivity contribution in [1.82, 2.24) is 4.98 Å². The van der Waals surface area contributed by atoms with Gasteiger partial charge in [-0.05, 0) is 25.0 Å². The molecule has 1 heterocycles. The monoisotopic (exact) mass is 291 g/mol. The van der Waals surface area contributed by atoms with Crippen LogP contribution >= 0.6 is 11.3 Å². The van der Waals surface area contributed by atoms with Crippen LogP contribution in [-0.2, 0) is 13.0 Å². The first-order valence-corrected chi connectivity index (χ1v) is 7.46. The van der Waals surface area contributed by atoms with Gasteiger partial charge in [-0.15, -0.1) is 11.3 Å². The van der Waals surface area contributed by atoms with Gasteiger partial charge in [0.25, 0.3) is 0 Å². The highest BCUT2D eigenvalue weighted by Gasteiger charge is 2.15. The Morgan fingerprint density at radius 3 is 2.80 bits per heavy atom. The summed E-state index contributed by atoms with van der Waals surface area (Å²) in [5, 5.41) is 1.01. The van der Waals surface area contributed by atoms with E-state index in [0.717, 1.165) is 22.2 Å². The lowest BCUT2D eigenvalue weighted by atomic mass is 10.1. The topological polar surface area (TPSA) is 51.4 Å². The average Bonchev–Trinajstić information content (AvgIpc) is 2.95. The van der Waals surface area contributed by atoms with Crippen LogP contribution in [-0.4, -0.2) is 25.2 Å². The van der Waals surface area contributed by atoms with E-state index in [1.807, 2.05) is 24.4 Å². The van der Waals surface area contributed by atoms with Gasteiger partial charge in [0.2, 0.25) is 0 Å². The van der Waals surface area contributed by atoms with Crippen molar-refractivity contribution in [2.24, 2.45) is 5.73 Å². The Labute approximate surface area is 124 Å². The minimum Gasteiger partial charge on any atom is -0.496 e. The van der Waals surface area contributed by atoms with E-state index in [1.54, 1.807) is 18.4 Å². The van der Waals surface area contributed by atoms with Gasteiger partial charge in [0.1, 0.15) is 5.75 Å². The van der Waals surface area contributed by atoms with E-state index in [2.05, 4.69) is 29.9 Å². The summed E-state index contributed by atoms with van der Waals surface area (Å²) in [4.78, 5) is 7.72. The highest BCUT2D eigenvalue weighted by Crippen LogP contribution is 2.25.